The third-order valence-electron chi connectivity index (χ3n) is 2.06. The first-order valence-corrected chi connectivity index (χ1v) is 4.07. The van der Waals surface area contributed by atoms with Gasteiger partial charge in [-0.05, 0) is 6.07 Å². The molecule has 1 atom stereocenters. The number of rotatable bonds is 1. The largest absolute Gasteiger partial charge is 0.334 e. The van der Waals surface area contributed by atoms with Crippen molar-refractivity contribution >= 4 is 0 Å². The molecule has 66 valence electrons. The fourth-order valence-electron chi connectivity index (χ4n) is 1.31. The van der Waals surface area contributed by atoms with Crippen LogP contribution in [0, 0.1) is 0 Å². The summed E-state index contributed by atoms with van der Waals surface area (Å²) < 4.78 is 3.75. The van der Waals surface area contributed by atoms with Crippen molar-refractivity contribution in [1.82, 2.24) is 0 Å². The Morgan fingerprint density at radius 2 is 2.15 bits per heavy atom. The second-order valence-corrected chi connectivity index (χ2v) is 2.98. The summed E-state index contributed by atoms with van der Waals surface area (Å²) in [6.45, 7) is 0. The second kappa shape index (κ2) is 3.01. The Kier molecular flexibility index (Phi) is 1.84. The zero-order valence-corrected chi connectivity index (χ0v) is 7.62. The summed E-state index contributed by atoms with van der Waals surface area (Å²) in [6.07, 6.45) is 1.91. The van der Waals surface area contributed by atoms with Crippen molar-refractivity contribution < 1.29 is 9.26 Å². The Morgan fingerprint density at radius 1 is 1.31 bits per heavy atom. The molecule has 0 N–H and O–H groups in total. The summed E-state index contributed by atoms with van der Waals surface area (Å²) in [7, 11) is 3.84. The molecule has 2 rings (SSSR count). The molecule has 1 aromatic heterocycles. The summed E-state index contributed by atoms with van der Waals surface area (Å²) >= 11 is 0. The molecule has 0 saturated heterocycles. The van der Waals surface area contributed by atoms with Crippen LogP contribution in [0.15, 0.2) is 40.0 Å². The van der Waals surface area contributed by atoms with Gasteiger partial charge in [-0.3, -0.25) is 0 Å². The summed E-state index contributed by atoms with van der Waals surface area (Å²) in [5.74, 6) is 0. The van der Waals surface area contributed by atoms with Crippen molar-refractivity contribution in [2.75, 3.05) is 7.05 Å². The van der Waals surface area contributed by atoms with Crippen LogP contribution in [0.2, 0.25) is 0 Å². The van der Waals surface area contributed by atoms with Crippen LogP contribution in [0.4, 0.5) is 0 Å². The Morgan fingerprint density at radius 3 is 2.77 bits per heavy atom. The lowest BCUT2D eigenvalue weighted by molar-refractivity contribution is -0.709. The van der Waals surface area contributed by atoms with E-state index in [1.165, 1.54) is 0 Å². The first kappa shape index (κ1) is 7.97. The molecule has 1 unspecified atom stereocenters. The SMILES string of the molecule is C[N+]1=NN=NC1c1cccc[n+]1C. The molecule has 13 heavy (non-hydrogen) atoms. The molecule has 2 heterocycles. The Labute approximate surface area is 76.0 Å². The maximum atomic E-state index is 4.01. The maximum Gasteiger partial charge on any atom is 0.334 e. The van der Waals surface area contributed by atoms with Crippen molar-refractivity contribution in [3.8, 4) is 0 Å². The zero-order chi connectivity index (χ0) is 9.26. The fourth-order valence-corrected chi connectivity index (χ4v) is 1.31. The monoisotopic (exact) mass is 177 g/mol. The molecule has 1 aromatic rings. The summed E-state index contributed by atoms with van der Waals surface area (Å²) in [5, 5.41) is 11.5. The van der Waals surface area contributed by atoms with Gasteiger partial charge in [0.05, 0.1) is 0 Å². The van der Waals surface area contributed by atoms with E-state index in [0.29, 0.717) is 0 Å². The van der Waals surface area contributed by atoms with Crippen molar-refractivity contribution in [3.63, 3.8) is 0 Å². The van der Waals surface area contributed by atoms with Gasteiger partial charge in [0.2, 0.25) is 5.22 Å². The molecule has 0 aliphatic carbocycles. The van der Waals surface area contributed by atoms with E-state index in [2.05, 4.69) is 15.6 Å². The van der Waals surface area contributed by atoms with Gasteiger partial charge in [0.15, 0.2) is 11.4 Å². The number of nitrogens with zero attached hydrogens (tertiary/aromatic N) is 5. The van der Waals surface area contributed by atoms with Crippen LogP contribution in [0.3, 0.4) is 0 Å². The van der Waals surface area contributed by atoms with Crippen LogP contribution in [-0.4, -0.2) is 11.7 Å². The Hall–Kier alpha value is -1.65. The highest BCUT2D eigenvalue weighted by Gasteiger charge is 2.31. The minimum atomic E-state index is -0.0776. The van der Waals surface area contributed by atoms with Crippen LogP contribution in [-0.2, 0) is 7.05 Å². The smallest absolute Gasteiger partial charge is 0.199 e. The van der Waals surface area contributed by atoms with Gasteiger partial charge < -0.3 is 0 Å². The predicted octanol–water partition coefficient (Wildman–Crippen LogP) is 0.985. The quantitative estimate of drug-likeness (QED) is 0.574. The second-order valence-electron chi connectivity index (χ2n) is 2.98. The lowest BCUT2D eigenvalue weighted by Crippen LogP contribution is -2.35. The molecule has 0 aromatic carbocycles. The van der Waals surface area contributed by atoms with Crippen molar-refractivity contribution in [3.05, 3.63) is 30.1 Å². The normalized spacial score (nSPS) is 20.5. The lowest BCUT2D eigenvalue weighted by atomic mass is 10.3. The van der Waals surface area contributed by atoms with Gasteiger partial charge in [-0.2, -0.15) is 4.57 Å². The maximum absolute atomic E-state index is 4.01. The van der Waals surface area contributed by atoms with Gasteiger partial charge in [-0.15, -0.1) is 4.70 Å². The fraction of sp³-hybridized carbons (Fsp3) is 0.375. The van der Waals surface area contributed by atoms with Gasteiger partial charge in [0.1, 0.15) is 14.1 Å². The number of aryl methyl sites for hydroxylation is 1. The van der Waals surface area contributed by atoms with E-state index in [9.17, 15) is 0 Å². The van der Waals surface area contributed by atoms with Crippen LogP contribution in [0.25, 0.3) is 0 Å². The summed E-state index contributed by atoms with van der Waals surface area (Å²) in [4.78, 5) is 0. The molecule has 1 aliphatic heterocycles. The van der Waals surface area contributed by atoms with Gasteiger partial charge >= 0.3 is 6.17 Å². The van der Waals surface area contributed by atoms with E-state index in [0.717, 1.165) is 5.69 Å². The van der Waals surface area contributed by atoms with Gasteiger partial charge in [0, 0.05) is 17.2 Å². The molecule has 0 fully saturated rings. The van der Waals surface area contributed by atoms with E-state index < -0.39 is 0 Å². The predicted molar refractivity (Wildman–Crippen MR) is 43.8 cm³/mol. The molecule has 1 aliphatic rings. The molecule has 0 saturated carbocycles. The third-order valence-corrected chi connectivity index (χ3v) is 2.06. The molecule has 5 heteroatoms. The first-order chi connectivity index (χ1) is 6.29. The van der Waals surface area contributed by atoms with Gasteiger partial charge in [0.25, 0.3) is 5.69 Å². The number of hydrogen-bond donors (Lipinski definition) is 0. The van der Waals surface area contributed by atoms with E-state index in [4.69, 9.17) is 0 Å². The number of hydrogen-bond acceptors (Lipinski definition) is 3. The van der Waals surface area contributed by atoms with E-state index in [1.807, 2.05) is 43.1 Å². The topological polar surface area (TPSA) is 44.0 Å². The Balaban J connectivity index is 2.42. The zero-order valence-electron chi connectivity index (χ0n) is 7.62. The van der Waals surface area contributed by atoms with Crippen LogP contribution >= 0.6 is 0 Å². The molecule has 5 nitrogen and oxygen atoms in total. The molecular formula is C8H11N5+2. The molecular weight excluding hydrogens is 166 g/mol. The summed E-state index contributed by atoms with van der Waals surface area (Å²) in [6, 6.07) is 5.98. The van der Waals surface area contributed by atoms with Crippen LogP contribution < -0.4 is 4.57 Å². The average Bonchev–Trinajstić information content (AvgIpc) is 2.52. The highest BCUT2D eigenvalue weighted by molar-refractivity contribution is 4.99. The third kappa shape index (κ3) is 1.32. The number of aromatic nitrogens is 1. The Bertz CT molecular complexity index is 382. The van der Waals surface area contributed by atoms with E-state index >= 15 is 0 Å². The van der Waals surface area contributed by atoms with Crippen molar-refractivity contribution in [2.24, 2.45) is 22.6 Å². The highest BCUT2D eigenvalue weighted by atomic mass is 15.6. The van der Waals surface area contributed by atoms with E-state index in [1.54, 1.807) is 4.70 Å². The van der Waals surface area contributed by atoms with Crippen LogP contribution in [0.1, 0.15) is 11.9 Å². The minimum absolute atomic E-state index is 0.0776. The van der Waals surface area contributed by atoms with Crippen molar-refractivity contribution in [1.29, 1.82) is 0 Å². The molecule has 0 radical (unpaired) electrons. The van der Waals surface area contributed by atoms with Crippen LogP contribution in [0.5, 0.6) is 0 Å². The highest BCUT2D eigenvalue weighted by Crippen LogP contribution is 2.18. The average molecular weight is 177 g/mol. The van der Waals surface area contributed by atoms with E-state index in [-0.39, 0.29) is 6.17 Å². The summed E-state index contributed by atoms with van der Waals surface area (Å²) in [5.41, 5.74) is 1.08. The van der Waals surface area contributed by atoms with Gasteiger partial charge in [-0.1, -0.05) is 0 Å². The van der Waals surface area contributed by atoms with Gasteiger partial charge in [-0.25, -0.2) is 0 Å². The molecule has 0 amide bonds. The minimum Gasteiger partial charge on any atom is -0.199 e. The molecule has 0 spiro atoms. The lowest BCUT2D eigenvalue weighted by Gasteiger charge is -1.99. The first-order valence-electron chi connectivity index (χ1n) is 4.07. The molecule has 0 bridgehead atoms. The number of pyridine rings is 1. The van der Waals surface area contributed by atoms with Crippen molar-refractivity contribution in [2.45, 2.75) is 6.17 Å². The standard InChI is InChI=1S/C8H11N5/c1-12-6-4-3-5-7(12)8-9-10-11-13(8)2/h3-6,8H,1-2H3/q+2.